The van der Waals surface area contributed by atoms with Crippen LogP contribution in [0.3, 0.4) is 0 Å². The van der Waals surface area contributed by atoms with Gasteiger partial charge in [0.05, 0.1) is 20.7 Å². The SMILES string of the molecule is CC(C)OC(=O)c1csc2scc(Cl)c12. The number of thiophene rings is 2. The van der Waals surface area contributed by atoms with Crippen LogP contribution in [-0.2, 0) is 4.74 Å². The van der Waals surface area contributed by atoms with Crippen molar-refractivity contribution >= 4 is 49.6 Å². The van der Waals surface area contributed by atoms with E-state index in [0.717, 1.165) is 9.40 Å². The van der Waals surface area contributed by atoms with Gasteiger partial charge in [-0.1, -0.05) is 11.6 Å². The molecular weight excluding hydrogens is 252 g/mol. The summed E-state index contributed by atoms with van der Waals surface area (Å²) in [5.41, 5.74) is 0.579. The number of fused-ring (bicyclic) bond motifs is 1. The summed E-state index contributed by atoms with van der Waals surface area (Å²) >= 11 is 9.08. The van der Waals surface area contributed by atoms with Gasteiger partial charge in [0, 0.05) is 16.1 Å². The Balaban J connectivity index is 2.43. The van der Waals surface area contributed by atoms with Gasteiger partial charge in [-0.15, -0.1) is 22.7 Å². The first kappa shape index (κ1) is 10.9. The normalized spacial score (nSPS) is 11.2. The summed E-state index contributed by atoms with van der Waals surface area (Å²) in [4.78, 5) is 11.7. The lowest BCUT2D eigenvalue weighted by atomic mass is 10.2. The molecule has 2 aromatic rings. The van der Waals surface area contributed by atoms with Crippen LogP contribution in [0.4, 0.5) is 0 Å². The quantitative estimate of drug-likeness (QED) is 0.757. The van der Waals surface area contributed by atoms with Crippen molar-refractivity contribution in [3.8, 4) is 0 Å². The second-order valence-electron chi connectivity index (χ2n) is 3.35. The van der Waals surface area contributed by atoms with Crippen molar-refractivity contribution in [1.82, 2.24) is 0 Å². The van der Waals surface area contributed by atoms with E-state index in [1.54, 1.807) is 16.7 Å². The van der Waals surface area contributed by atoms with Crippen LogP contribution in [0.5, 0.6) is 0 Å². The van der Waals surface area contributed by atoms with Gasteiger partial charge >= 0.3 is 5.97 Å². The van der Waals surface area contributed by atoms with Gasteiger partial charge in [0.15, 0.2) is 0 Å². The summed E-state index contributed by atoms with van der Waals surface area (Å²) in [6.45, 7) is 3.66. The third-order valence-electron chi connectivity index (χ3n) is 1.83. The molecule has 0 saturated heterocycles. The maximum absolute atomic E-state index is 11.7. The Hall–Kier alpha value is -0.580. The Morgan fingerprint density at radius 2 is 2.07 bits per heavy atom. The summed E-state index contributed by atoms with van der Waals surface area (Å²) in [7, 11) is 0. The van der Waals surface area contributed by atoms with E-state index < -0.39 is 0 Å². The highest BCUT2D eigenvalue weighted by Gasteiger charge is 2.18. The van der Waals surface area contributed by atoms with Crippen LogP contribution >= 0.6 is 34.3 Å². The van der Waals surface area contributed by atoms with Gasteiger partial charge in [0.2, 0.25) is 0 Å². The van der Waals surface area contributed by atoms with Crippen molar-refractivity contribution in [3.63, 3.8) is 0 Å². The molecule has 0 N–H and O–H groups in total. The molecule has 0 aromatic carbocycles. The van der Waals surface area contributed by atoms with Crippen LogP contribution in [0.2, 0.25) is 5.02 Å². The van der Waals surface area contributed by atoms with Crippen LogP contribution in [0, 0.1) is 0 Å². The summed E-state index contributed by atoms with van der Waals surface area (Å²) in [6, 6.07) is 0. The Morgan fingerprint density at radius 3 is 2.73 bits per heavy atom. The molecule has 2 rings (SSSR count). The van der Waals surface area contributed by atoms with Crippen LogP contribution < -0.4 is 0 Å². The molecule has 0 atom stereocenters. The molecule has 15 heavy (non-hydrogen) atoms. The summed E-state index contributed by atoms with van der Waals surface area (Å²) in [6.07, 6.45) is -0.107. The highest BCUT2D eigenvalue weighted by Crippen LogP contribution is 2.37. The largest absolute Gasteiger partial charge is 0.459 e. The number of rotatable bonds is 2. The van der Waals surface area contributed by atoms with Crippen molar-refractivity contribution in [2.45, 2.75) is 20.0 Å². The Bertz CT molecular complexity index is 498. The highest BCUT2D eigenvalue weighted by molar-refractivity contribution is 7.37. The third-order valence-corrected chi connectivity index (χ3v) is 4.38. The standard InChI is InChI=1S/C10H9ClO2S2/c1-5(2)13-9(12)6-3-14-10-8(6)7(11)4-15-10/h3-5H,1-2H3. The monoisotopic (exact) mass is 260 g/mol. The Morgan fingerprint density at radius 1 is 1.40 bits per heavy atom. The minimum Gasteiger partial charge on any atom is -0.459 e. The minimum absolute atomic E-state index is 0.107. The molecule has 0 saturated carbocycles. The fraction of sp³-hybridized carbons (Fsp3) is 0.300. The second-order valence-corrected chi connectivity index (χ2v) is 5.77. The third kappa shape index (κ3) is 2.02. The van der Waals surface area contributed by atoms with Gasteiger partial charge in [0.1, 0.15) is 0 Å². The van der Waals surface area contributed by atoms with Crippen molar-refractivity contribution < 1.29 is 9.53 Å². The predicted octanol–water partition coefficient (Wildman–Crippen LogP) is 4.18. The average molecular weight is 261 g/mol. The zero-order valence-corrected chi connectivity index (χ0v) is 10.6. The molecule has 0 amide bonds. The maximum atomic E-state index is 11.7. The molecule has 2 nitrogen and oxygen atoms in total. The second kappa shape index (κ2) is 4.12. The van der Waals surface area contributed by atoms with E-state index in [1.807, 2.05) is 19.2 Å². The molecule has 0 aliphatic heterocycles. The van der Waals surface area contributed by atoms with Crippen LogP contribution in [0.15, 0.2) is 10.8 Å². The first-order valence-electron chi connectivity index (χ1n) is 4.44. The van der Waals surface area contributed by atoms with Crippen molar-refractivity contribution in [3.05, 3.63) is 21.3 Å². The van der Waals surface area contributed by atoms with Gasteiger partial charge in [-0.25, -0.2) is 4.79 Å². The first-order chi connectivity index (χ1) is 7.09. The molecule has 2 heterocycles. The number of esters is 1. The van der Waals surface area contributed by atoms with Crippen LogP contribution in [-0.4, -0.2) is 12.1 Å². The van der Waals surface area contributed by atoms with E-state index in [9.17, 15) is 4.79 Å². The zero-order chi connectivity index (χ0) is 11.0. The van der Waals surface area contributed by atoms with Crippen molar-refractivity contribution in [2.24, 2.45) is 0 Å². The summed E-state index contributed by atoms with van der Waals surface area (Å²) < 4.78 is 6.21. The van der Waals surface area contributed by atoms with Gasteiger partial charge in [-0.05, 0) is 13.8 Å². The molecule has 0 aliphatic carbocycles. The fourth-order valence-corrected chi connectivity index (χ4v) is 3.64. The number of carbonyl (C=O) groups excluding carboxylic acids is 1. The molecule has 0 radical (unpaired) electrons. The van der Waals surface area contributed by atoms with Gasteiger partial charge in [0.25, 0.3) is 0 Å². The van der Waals surface area contributed by atoms with Gasteiger partial charge in [-0.3, -0.25) is 0 Å². The lowest BCUT2D eigenvalue weighted by molar-refractivity contribution is 0.0381. The number of carbonyl (C=O) groups is 1. The molecule has 0 spiro atoms. The summed E-state index contributed by atoms with van der Waals surface area (Å²) in [5.74, 6) is -0.295. The molecule has 0 bridgehead atoms. The number of halogens is 1. The Labute approximate surface area is 100 Å². The van der Waals surface area contributed by atoms with Gasteiger partial charge in [-0.2, -0.15) is 0 Å². The predicted molar refractivity (Wildman–Crippen MR) is 65.3 cm³/mol. The van der Waals surface area contributed by atoms with Gasteiger partial charge < -0.3 is 4.74 Å². The molecule has 5 heteroatoms. The lowest BCUT2D eigenvalue weighted by Gasteiger charge is -2.06. The fourth-order valence-electron chi connectivity index (χ4n) is 1.25. The minimum atomic E-state index is -0.295. The molecule has 0 fully saturated rings. The molecule has 80 valence electrons. The average Bonchev–Trinajstić information content (AvgIpc) is 2.68. The zero-order valence-electron chi connectivity index (χ0n) is 8.24. The number of hydrogen-bond acceptors (Lipinski definition) is 4. The Kier molecular flexibility index (Phi) is 3.00. The highest BCUT2D eigenvalue weighted by atomic mass is 35.5. The van der Waals surface area contributed by atoms with E-state index in [0.29, 0.717) is 10.6 Å². The maximum Gasteiger partial charge on any atom is 0.339 e. The number of hydrogen-bond donors (Lipinski definition) is 0. The van der Waals surface area contributed by atoms with Crippen LogP contribution in [0.1, 0.15) is 24.2 Å². The molecule has 0 unspecified atom stereocenters. The summed E-state index contributed by atoms with van der Waals surface area (Å²) in [5, 5.41) is 5.11. The number of ether oxygens (including phenoxy) is 1. The van der Waals surface area contributed by atoms with Crippen molar-refractivity contribution in [2.75, 3.05) is 0 Å². The molecular formula is C10H9ClO2S2. The van der Waals surface area contributed by atoms with E-state index in [4.69, 9.17) is 16.3 Å². The van der Waals surface area contributed by atoms with Crippen molar-refractivity contribution in [1.29, 1.82) is 0 Å². The molecule has 2 aromatic heterocycles. The van der Waals surface area contributed by atoms with E-state index in [-0.39, 0.29) is 12.1 Å². The van der Waals surface area contributed by atoms with E-state index >= 15 is 0 Å². The van der Waals surface area contributed by atoms with E-state index in [1.165, 1.54) is 11.3 Å². The van der Waals surface area contributed by atoms with E-state index in [2.05, 4.69) is 0 Å². The molecule has 0 aliphatic rings. The topological polar surface area (TPSA) is 26.3 Å². The smallest absolute Gasteiger partial charge is 0.339 e. The van der Waals surface area contributed by atoms with Crippen LogP contribution in [0.25, 0.3) is 9.40 Å². The lowest BCUT2D eigenvalue weighted by Crippen LogP contribution is -2.10. The first-order valence-corrected chi connectivity index (χ1v) is 6.58.